The minimum atomic E-state index is -1.52. The summed E-state index contributed by atoms with van der Waals surface area (Å²) in [5.41, 5.74) is 0.710. The summed E-state index contributed by atoms with van der Waals surface area (Å²) in [5.74, 6) is -1.67. The number of amides is 1. The van der Waals surface area contributed by atoms with Crippen molar-refractivity contribution in [2.24, 2.45) is 7.05 Å². The van der Waals surface area contributed by atoms with E-state index in [9.17, 15) is 14.7 Å². The highest BCUT2D eigenvalue weighted by atomic mass is 16.5. The molecule has 0 saturated heterocycles. The summed E-state index contributed by atoms with van der Waals surface area (Å²) < 4.78 is 6.52. The molecule has 2 rings (SSSR count). The van der Waals surface area contributed by atoms with Crippen LogP contribution in [0.25, 0.3) is 11.0 Å². The third-order valence-corrected chi connectivity index (χ3v) is 3.64. The van der Waals surface area contributed by atoms with Crippen molar-refractivity contribution < 1.29 is 19.4 Å². The van der Waals surface area contributed by atoms with E-state index in [0.717, 1.165) is 0 Å². The number of hydrogen-bond donors (Lipinski definition) is 2. The number of methoxy groups -OCH3 is 1. The molecule has 8 nitrogen and oxygen atoms in total. The maximum atomic E-state index is 12.7. The van der Waals surface area contributed by atoms with E-state index in [4.69, 9.17) is 4.74 Å². The maximum absolute atomic E-state index is 12.7. The zero-order valence-corrected chi connectivity index (χ0v) is 13.8. The van der Waals surface area contributed by atoms with Crippen molar-refractivity contribution in [2.75, 3.05) is 13.7 Å². The first-order valence-corrected chi connectivity index (χ1v) is 7.05. The second-order valence-corrected chi connectivity index (χ2v) is 5.74. The van der Waals surface area contributed by atoms with Gasteiger partial charge in [-0.1, -0.05) is 0 Å². The van der Waals surface area contributed by atoms with Crippen LogP contribution in [0, 0.1) is 13.8 Å². The van der Waals surface area contributed by atoms with Crippen LogP contribution in [0.3, 0.4) is 0 Å². The molecule has 23 heavy (non-hydrogen) atoms. The number of aromatic nitrogens is 3. The molecule has 2 aromatic heterocycles. The van der Waals surface area contributed by atoms with E-state index in [0.29, 0.717) is 28.0 Å². The molecule has 1 amide bonds. The SMILES string of the molecule is COCC(C)(NC(=O)c1cc(C)nc2c1c(C)nn2C)C(=O)O. The molecule has 8 heteroatoms. The number of hydrogen-bond acceptors (Lipinski definition) is 5. The molecule has 0 bridgehead atoms. The first kappa shape index (κ1) is 16.9. The first-order valence-electron chi connectivity index (χ1n) is 7.05. The number of carboxylic acid groups (broad SMARTS) is 1. The van der Waals surface area contributed by atoms with Crippen molar-refractivity contribution in [3.05, 3.63) is 23.0 Å². The van der Waals surface area contributed by atoms with E-state index in [1.807, 2.05) is 0 Å². The van der Waals surface area contributed by atoms with Gasteiger partial charge in [0.15, 0.2) is 11.2 Å². The lowest BCUT2D eigenvalue weighted by Gasteiger charge is -2.25. The minimum absolute atomic E-state index is 0.146. The Balaban J connectivity index is 2.51. The van der Waals surface area contributed by atoms with E-state index in [-0.39, 0.29) is 6.61 Å². The molecular weight excluding hydrogens is 300 g/mol. The number of carbonyl (C=O) groups is 2. The fourth-order valence-corrected chi connectivity index (χ4v) is 2.51. The number of aryl methyl sites for hydroxylation is 3. The summed E-state index contributed by atoms with van der Waals surface area (Å²) in [4.78, 5) is 28.5. The van der Waals surface area contributed by atoms with Gasteiger partial charge in [-0.15, -0.1) is 0 Å². The molecule has 0 aliphatic carbocycles. The molecule has 1 atom stereocenters. The van der Waals surface area contributed by atoms with E-state index in [1.54, 1.807) is 31.6 Å². The van der Waals surface area contributed by atoms with Gasteiger partial charge in [0.1, 0.15) is 0 Å². The van der Waals surface area contributed by atoms with Gasteiger partial charge in [0.2, 0.25) is 0 Å². The number of nitrogens with zero attached hydrogens (tertiary/aromatic N) is 3. The van der Waals surface area contributed by atoms with Crippen molar-refractivity contribution in [3.8, 4) is 0 Å². The van der Waals surface area contributed by atoms with E-state index >= 15 is 0 Å². The smallest absolute Gasteiger partial charge is 0.331 e. The molecule has 0 fully saturated rings. The fourth-order valence-electron chi connectivity index (χ4n) is 2.51. The molecule has 0 aromatic carbocycles. The minimum Gasteiger partial charge on any atom is -0.479 e. The van der Waals surface area contributed by atoms with Crippen LogP contribution in [0.4, 0.5) is 0 Å². The second-order valence-electron chi connectivity index (χ2n) is 5.74. The van der Waals surface area contributed by atoms with Crippen LogP contribution >= 0.6 is 0 Å². The van der Waals surface area contributed by atoms with E-state index < -0.39 is 17.4 Å². The molecule has 124 valence electrons. The zero-order valence-electron chi connectivity index (χ0n) is 13.8. The number of carboxylic acids is 1. The Morgan fingerprint density at radius 3 is 2.65 bits per heavy atom. The highest BCUT2D eigenvalue weighted by molar-refractivity contribution is 6.08. The largest absolute Gasteiger partial charge is 0.479 e. The van der Waals surface area contributed by atoms with Gasteiger partial charge in [0.05, 0.1) is 23.3 Å². The van der Waals surface area contributed by atoms with Crippen LogP contribution in [0.15, 0.2) is 6.07 Å². The van der Waals surface area contributed by atoms with Crippen molar-refractivity contribution in [1.29, 1.82) is 0 Å². The second kappa shape index (κ2) is 5.96. The number of pyridine rings is 1. The van der Waals surface area contributed by atoms with E-state index in [1.165, 1.54) is 14.0 Å². The van der Waals surface area contributed by atoms with Crippen molar-refractivity contribution in [1.82, 2.24) is 20.1 Å². The van der Waals surface area contributed by atoms with Crippen LogP contribution in [0.5, 0.6) is 0 Å². The van der Waals surface area contributed by atoms with Crippen molar-refractivity contribution in [3.63, 3.8) is 0 Å². The number of carbonyl (C=O) groups excluding carboxylic acids is 1. The van der Waals surface area contributed by atoms with Gasteiger partial charge in [-0.3, -0.25) is 9.48 Å². The monoisotopic (exact) mass is 320 g/mol. The topological polar surface area (TPSA) is 106 Å². The number of ether oxygens (including phenoxy) is 1. The lowest BCUT2D eigenvalue weighted by molar-refractivity contribution is -0.145. The molecule has 0 radical (unpaired) electrons. The highest BCUT2D eigenvalue weighted by Crippen LogP contribution is 2.22. The fraction of sp³-hybridized carbons (Fsp3) is 0.467. The van der Waals surface area contributed by atoms with Crippen LogP contribution in [0.2, 0.25) is 0 Å². The summed E-state index contributed by atoms with van der Waals surface area (Å²) >= 11 is 0. The molecule has 0 saturated carbocycles. The molecule has 2 N–H and O–H groups in total. The predicted octanol–water partition coefficient (Wildman–Crippen LogP) is 0.805. The van der Waals surface area contributed by atoms with Crippen LogP contribution in [-0.2, 0) is 16.6 Å². The Hall–Kier alpha value is -2.48. The Kier molecular flexibility index (Phi) is 4.37. The van der Waals surface area contributed by atoms with Gasteiger partial charge < -0.3 is 15.2 Å². The lowest BCUT2D eigenvalue weighted by Crippen LogP contribution is -2.55. The highest BCUT2D eigenvalue weighted by Gasteiger charge is 2.36. The third kappa shape index (κ3) is 3.02. The Morgan fingerprint density at radius 1 is 1.43 bits per heavy atom. The summed E-state index contributed by atoms with van der Waals surface area (Å²) in [5, 5.41) is 16.8. The Labute approximate surface area is 133 Å². The normalized spacial score (nSPS) is 13.8. The summed E-state index contributed by atoms with van der Waals surface area (Å²) in [6.07, 6.45) is 0. The summed E-state index contributed by atoms with van der Waals surface area (Å²) in [6, 6.07) is 1.63. The molecule has 2 heterocycles. The van der Waals surface area contributed by atoms with Crippen molar-refractivity contribution >= 4 is 22.9 Å². The van der Waals surface area contributed by atoms with Gasteiger partial charge in [0.25, 0.3) is 5.91 Å². The summed E-state index contributed by atoms with van der Waals surface area (Å²) in [6.45, 7) is 4.80. The van der Waals surface area contributed by atoms with Gasteiger partial charge in [-0.25, -0.2) is 9.78 Å². The third-order valence-electron chi connectivity index (χ3n) is 3.64. The number of aliphatic carboxylic acids is 1. The Morgan fingerprint density at radius 2 is 2.09 bits per heavy atom. The molecule has 0 aliphatic rings. The quantitative estimate of drug-likeness (QED) is 0.844. The van der Waals surface area contributed by atoms with Gasteiger partial charge in [0, 0.05) is 19.9 Å². The average Bonchev–Trinajstić information content (AvgIpc) is 2.73. The Bertz CT molecular complexity index is 783. The molecule has 1 unspecified atom stereocenters. The molecule has 0 spiro atoms. The molecular formula is C15H20N4O4. The number of fused-ring (bicyclic) bond motifs is 1. The lowest BCUT2D eigenvalue weighted by atomic mass is 10.0. The first-order chi connectivity index (χ1) is 10.7. The summed E-state index contributed by atoms with van der Waals surface area (Å²) in [7, 11) is 3.13. The maximum Gasteiger partial charge on any atom is 0.331 e. The molecule has 2 aromatic rings. The molecule has 0 aliphatic heterocycles. The van der Waals surface area contributed by atoms with Gasteiger partial charge in [-0.2, -0.15) is 5.10 Å². The van der Waals surface area contributed by atoms with E-state index in [2.05, 4.69) is 15.4 Å². The number of nitrogens with one attached hydrogen (secondary N) is 1. The predicted molar refractivity (Wildman–Crippen MR) is 83.4 cm³/mol. The zero-order chi connectivity index (χ0) is 17.4. The van der Waals surface area contributed by atoms with Crippen molar-refractivity contribution in [2.45, 2.75) is 26.3 Å². The van der Waals surface area contributed by atoms with Gasteiger partial charge in [-0.05, 0) is 26.8 Å². The number of rotatable bonds is 5. The average molecular weight is 320 g/mol. The van der Waals surface area contributed by atoms with Crippen LogP contribution in [-0.4, -0.2) is 51.0 Å². The van der Waals surface area contributed by atoms with Gasteiger partial charge >= 0.3 is 5.97 Å². The van der Waals surface area contributed by atoms with Crippen LogP contribution in [0.1, 0.15) is 28.7 Å². The van der Waals surface area contributed by atoms with Crippen LogP contribution < -0.4 is 5.32 Å². The standard InChI is InChI=1S/C15H20N4O4/c1-8-6-10(11-9(2)18-19(4)12(11)16-8)13(20)17-15(3,7-23-5)14(21)22/h6H,7H2,1-5H3,(H,17,20)(H,21,22).